The average molecular weight is 318 g/mol. The summed E-state index contributed by atoms with van der Waals surface area (Å²) in [6.45, 7) is 1.72. The van der Waals surface area contributed by atoms with Gasteiger partial charge in [0.1, 0.15) is 22.7 Å². The summed E-state index contributed by atoms with van der Waals surface area (Å²) >= 11 is 0. The molecule has 0 saturated heterocycles. The van der Waals surface area contributed by atoms with Crippen LogP contribution in [0.4, 0.5) is 0 Å². The number of amides is 1. The van der Waals surface area contributed by atoms with Gasteiger partial charge in [0, 0.05) is 18.0 Å². The fraction of sp³-hybridized carbons (Fsp3) is 0.312. The van der Waals surface area contributed by atoms with E-state index in [1.54, 1.807) is 13.1 Å². The lowest BCUT2D eigenvalue weighted by Gasteiger charge is -2.12. The molecule has 2 rings (SSSR count). The predicted molar refractivity (Wildman–Crippen MR) is 84.6 cm³/mol. The summed E-state index contributed by atoms with van der Waals surface area (Å²) in [4.78, 5) is 35.2. The summed E-state index contributed by atoms with van der Waals surface area (Å²) in [7, 11) is 1.67. The minimum Gasteiger partial charge on any atom is -0.508 e. The van der Waals surface area contributed by atoms with Crippen LogP contribution in [0.1, 0.15) is 23.7 Å². The molecule has 0 radical (unpaired) electrons. The van der Waals surface area contributed by atoms with Gasteiger partial charge in [0.2, 0.25) is 0 Å². The van der Waals surface area contributed by atoms with Gasteiger partial charge >= 0.3 is 5.63 Å². The highest BCUT2D eigenvalue weighted by Crippen LogP contribution is 2.19. The molecule has 1 heterocycles. The molecule has 2 aromatic rings. The maximum Gasteiger partial charge on any atom is 0.349 e. The Balaban J connectivity index is 2.12. The maximum atomic E-state index is 12.1. The highest BCUT2D eigenvalue weighted by atomic mass is 16.4. The number of benzene rings is 1. The largest absolute Gasteiger partial charge is 0.508 e. The molecule has 7 nitrogen and oxygen atoms in total. The van der Waals surface area contributed by atoms with Crippen LogP contribution in [0.5, 0.6) is 5.75 Å². The Kier molecular flexibility index (Phi) is 5.13. The standard InChI is InChI=1S/C16H18N2O5/c1-9(19)13(17-2)5-6-18-15(21)12-7-10-3-4-11(20)8-14(10)23-16(12)22/h3-4,7-8,13,17,20H,5-6H2,1-2H3,(H,18,21)/t13-/m0/s1. The van der Waals surface area contributed by atoms with E-state index in [4.69, 9.17) is 4.42 Å². The number of rotatable bonds is 6. The van der Waals surface area contributed by atoms with Gasteiger partial charge in [0.25, 0.3) is 5.91 Å². The zero-order valence-electron chi connectivity index (χ0n) is 12.9. The molecule has 0 saturated carbocycles. The van der Waals surface area contributed by atoms with Crippen molar-refractivity contribution in [3.05, 3.63) is 40.2 Å². The average Bonchev–Trinajstić information content (AvgIpc) is 2.50. The molecule has 23 heavy (non-hydrogen) atoms. The number of carbonyl (C=O) groups is 2. The number of aromatic hydroxyl groups is 1. The van der Waals surface area contributed by atoms with Gasteiger partial charge in [-0.1, -0.05) is 0 Å². The third-order valence-electron chi connectivity index (χ3n) is 3.52. The van der Waals surface area contributed by atoms with Crippen LogP contribution in [0.3, 0.4) is 0 Å². The van der Waals surface area contributed by atoms with E-state index in [0.717, 1.165) is 0 Å². The summed E-state index contributed by atoms with van der Waals surface area (Å²) in [6, 6.07) is 5.37. The van der Waals surface area contributed by atoms with Crippen LogP contribution in [0.2, 0.25) is 0 Å². The van der Waals surface area contributed by atoms with Crippen LogP contribution in [-0.2, 0) is 4.79 Å². The van der Waals surface area contributed by atoms with E-state index in [-0.39, 0.29) is 35.3 Å². The summed E-state index contributed by atoms with van der Waals surface area (Å²) in [5.74, 6) is -0.612. The molecule has 0 spiro atoms. The third kappa shape index (κ3) is 3.95. The molecule has 0 aliphatic heterocycles. The number of ketones is 1. The highest BCUT2D eigenvalue weighted by Gasteiger charge is 2.15. The minimum atomic E-state index is -0.780. The van der Waals surface area contributed by atoms with Gasteiger partial charge in [0.15, 0.2) is 0 Å². The number of phenols is 1. The second-order valence-electron chi connectivity index (χ2n) is 5.17. The first-order valence-electron chi connectivity index (χ1n) is 7.15. The maximum absolute atomic E-state index is 12.1. The highest BCUT2D eigenvalue weighted by molar-refractivity contribution is 5.96. The SMILES string of the molecule is CN[C@@H](CCNC(=O)c1cc2ccc(O)cc2oc1=O)C(C)=O. The zero-order chi connectivity index (χ0) is 17.0. The van der Waals surface area contributed by atoms with Crippen molar-refractivity contribution in [3.8, 4) is 5.75 Å². The molecule has 3 N–H and O–H groups in total. The van der Waals surface area contributed by atoms with Crippen molar-refractivity contribution in [1.29, 1.82) is 0 Å². The lowest BCUT2D eigenvalue weighted by molar-refractivity contribution is -0.119. The number of carbonyl (C=O) groups excluding carboxylic acids is 2. The number of nitrogens with one attached hydrogen (secondary N) is 2. The number of fused-ring (bicyclic) bond motifs is 1. The van der Waals surface area contributed by atoms with E-state index < -0.39 is 11.5 Å². The molecule has 0 unspecified atom stereocenters. The first-order chi connectivity index (χ1) is 10.9. The van der Waals surface area contributed by atoms with E-state index in [1.807, 2.05) is 0 Å². The van der Waals surface area contributed by atoms with Gasteiger partial charge in [-0.05, 0) is 38.6 Å². The number of hydrogen-bond acceptors (Lipinski definition) is 6. The van der Waals surface area contributed by atoms with Crippen molar-refractivity contribution >= 4 is 22.7 Å². The van der Waals surface area contributed by atoms with Crippen LogP contribution in [0, 0.1) is 0 Å². The number of phenolic OH excluding ortho intramolecular Hbond substituents is 1. The van der Waals surface area contributed by atoms with Crippen LogP contribution in [-0.4, -0.2) is 36.4 Å². The molecule has 1 aromatic heterocycles. The molecule has 1 aromatic carbocycles. The van der Waals surface area contributed by atoms with Gasteiger partial charge in [-0.3, -0.25) is 9.59 Å². The smallest absolute Gasteiger partial charge is 0.349 e. The van der Waals surface area contributed by atoms with Crippen molar-refractivity contribution in [2.45, 2.75) is 19.4 Å². The second kappa shape index (κ2) is 7.06. The summed E-state index contributed by atoms with van der Waals surface area (Å²) in [5, 5.41) is 15.3. The number of Topliss-reactive ketones (excluding diaryl/α,β-unsaturated/α-hetero) is 1. The Morgan fingerprint density at radius 3 is 2.70 bits per heavy atom. The fourth-order valence-corrected chi connectivity index (χ4v) is 2.23. The van der Waals surface area contributed by atoms with E-state index in [1.165, 1.54) is 25.1 Å². The van der Waals surface area contributed by atoms with E-state index in [0.29, 0.717) is 11.8 Å². The lowest BCUT2D eigenvalue weighted by Crippen LogP contribution is -2.37. The Hall–Kier alpha value is -2.67. The Labute approximate surface area is 132 Å². The molecule has 0 fully saturated rings. The molecule has 0 bridgehead atoms. The normalized spacial score (nSPS) is 12.1. The first kappa shape index (κ1) is 16.7. The van der Waals surface area contributed by atoms with Gasteiger partial charge in [-0.2, -0.15) is 0 Å². The molecule has 1 amide bonds. The molecule has 0 aliphatic rings. The topological polar surface area (TPSA) is 109 Å². The second-order valence-corrected chi connectivity index (χ2v) is 5.17. The van der Waals surface area contributed by atoms with Crippen LogP contribution < -0.4 is 16.3 Å². The molecule has 1 atom stereocenters. The number of likely N-dealkylation sites (N-methyl/N-ethyl adjacent to an activating group) is 1. The van der Waals surface area contributed by atoms with Crippen LogP contribution in [0.15, 0.2) is 33.5 Å². The Morgan fingerprint density at radius 2 is 2.04 bits per heavy atom. The Morgan fingerprint density at radius 1 is 1.30 bits per heavy atom. The molecule has 7 heteroatoms. The van der Waals surface area contributed by atoms with Crippen molar-refractivity contribution in [3.63, 3.8) is 0 Å². The van der Waals surface area contributed by atoms with Gasteiger partial charge in [0.05, 0.1) is 6.04 Å². The monoisotopic (exact) mass is 318 g/mol. The summed E-state index contributed by atoms with van der Waals surface area (Å²) in [5.41, 5.74) is -0.692. The molecule has 0 aliphatic carbocycles. The molecular formula is C16H18N2O5. The van der Waals surface area contributed by atoms with E-state index in [2.05, 4.69) is 10.6 Å². The van der Waals surface area contributed by atoms with E-state index in [9.17, 15) is 19.5 Å². The first-order valence-corrected chi connectivity index (χ1v) is 7.15. The van der Waals surface area contributed by atoms with Crippen molar-refractivity contribution < 1.29 is 19.1 Å². The van der Waals surface area contributed by atoms with Crippen LogP contribution in [0.25, 0.3) is 11.0 Å². The number of hydrogen-bond donors (Lipinski definition) is 3. The zero-order valence-corrected chi connectivity index (χ0v) is 12.9. The van der Waals surface area contributed by atoms with Crippen molar-refractivity contribution in [2.75, 3.05) is 13.6 Å². The lowest BCUT2D eigenvalue weighted by atomic mass is 10.1. The fourth-order valence-electron chi connectivity index (χ4n) is 2.23. The van der Waals surface area contributed by atoms with Crippen molar-refractivity contribution in [2.24, 2.45) is 0 Å². The van der Waals surface area contributed by atoms with Gasteiger partial charge in [-0.25, -0.2) is 4.79 Å². The minimum absolute atomic E-state index is 0.0215. The summed E-state index contributed by atoms with van der Waals surface area (Å²) in [6.07, 6.45) is 0.421. The summed E-state index contributed by atoms with van der Waals surface area (Å²) < 4.78 is 5.04. The van der Waals surface area contributed by atoms with E-state index >= 15 is 0 Å². The molecular weight excluding hydrogens is 300 g/mol. The Bertz CT molecular complexity index is 797. The van der Waals surface area contributed by atoms with Gasteiger partial charge < -0.3 is 20.2 Å². The molecule has 122 valence electrons. The quantitative estimate of drug-likeness (QED) is 0.680. The van der Waals surface area contributed by atoms with Crippen molar-refractivity contribution in [1.82, 2.24) is 10.6 Å². The van der Waals surface area contributed by atoms with Gasteiger partial charge in [-0.15, -0.1) is 0 Å². The third-order valence-corrected chi connectivity index (χ3v) is 3.52. The van der Waals surface area contributed by atoms with Crippen LogP contribution >= 0.6 is 0 Å². The predicted octanol–water partition coefficient (Wildman–Crippen LogP) is 0.795.